The maximum absolute atomic E-state index is 12.3. The molecule has 6 heteroatoms. The lowest BCUT2D eigenvalue weighted by Crippen LogP contribution is -2.33. The molecule has 4 nitrogen and oxygen atoms in total. The van der Waals surface area contributed by atoms with Crippen molar-refractivity contribution in [3.8, 4) is 0 Å². The van der Waals surface area contributed by atoms with E-state index in [0.717, 1.165) is 30.7 Å². The van der Waals surface area contributed by atoms with Gasteiger partial charge in [0.25, 0.3) is 0 Å². The highest BCUT2D eigenvalue weighted by atomic mass is 32.2. The maximum Gasteiger partial charge on any atom is 0.240 e. The largest absolute Gasteiger partial charge is 0.388 e. The van der Waals surface area contributed by atoms with Crippen LogP contribution >= 0.6 is 11.8 Å². The predicted octanol–water partition coefficient (Wildman–Crippen LogP) is 2.68. The Morgan fingerprint density at radius 3 is 2.55 bits per heavy atom. The molecule has 1 fully saturated rings. The van der Waals surface area contributed by atoms with Gasteiger partial charge in [-0.1, -0.05) is 6.92 Å². The van der Waals surface area contributed by atoms with Gasteiger partial charge in [-0.05, 0) is 49.3 Å². The number of thioether (sulfide) groups is 1. The lowest BCUT2D eigenvalue weighted by atomic mass is 10.3. The molecule has 112 valence electrons. The van der Waals surface area contributed by atoms with E-state index in [1.165, 1.54) is 0 Å². The molecule has 0 radical (unpaired) electrons. The summed E-state index contributed by atoms with van der Waals surface area (Å²) >= 11 is 1.93. The smallest absolute Gasteiger partial charge is 0.240 e. The molecule has 2 unspecified atom stereocenters. The topological polar surface area (TPSA) is 58.2 Å². The third-order valence-electron chi connectivity index (χ3n) is 3.56. The zero-order chi connectivity index (χ0) is 14.6. The number of hydrogen-bond donors (Lipinski definition) is 2. The van der Waals surface area contributed by atoms with E-state index in [1.54, 1.807) is 24.3 Å². The van der Waals surface area contributed by atoms with Gasteiger partial charge in [0.15, 0.2) is 0 Å². The van der Waals surface area contributed by atoms with E-state index in [-0.39, 0.29) is 6.04 Å². The number of hydrogen-bond acceptors (Lipinski definition) is 4. The van der Waals surface area contributed by atoms with E-state index in [4.69, 9.17) is 0 Å². The van der Waals surface area contributed by atoms with Crippen LogP contribution in [0.15, 0.2) is 29.2 Å². The van der Waals surface area contributed by atoms with Crippen molar-refractivity contribution in [2.75, 3.05) is 18.1 Å². The first-order valence-corrected chi connectivity index (χ1v) is 9.50. The SMILES string of the molecule is CCSC1CCC(NS(=O)(=O)c2ccc(NC)cc2)C1. The van der Waals surface area contributed by atoms with Gasteiger partial charge in [0.1, 0.15) is 0 Å². The Kier molecular flexibility index (Phi) is 5.35. The molecular formula is C14H22N2O2S2. The number of nitrogens with one attached hydrogen (secondary N) is 2. The standard InChI is InChI=1S/C14H22N2O2S2/c1-3-19-13-7-4-12(10-13)16-20(17,18)14-8-5-11(15-2)6-9-14/h5-6,8-9,12-13,15-16H,3-4,7,10H2,1-2H3. The Morgan fingerprint density at radius 1 is 1.25 bits per heavy atom. The molecule has 0 spiro atoms. The summed E-state index contributed by atoms with van der Waals surface area (Å²) in [6.45, 7) is 2.14. The normalized spacial score (nSPS) is 22.9. The molecule has 1 aliphatic rings. The molecular weight excluding hydrogens is 292 g/mol. The van der Waals surface area contributed by atoms with Gasteiger partial charge in [0, 0.05) is 24.0 Å². The second-order valence-electron chi connectivity index (χ2n) is 4.98. The summed E-state index contributed by atoms with van der Waals surface area (Å²) in [5.41, 5.74) is 0.907. The summed E-state index contributed by atoms with van der Waals surface area (Å²) in [4.78, 5) is 0.336. The molecule has 0 aromatic heterocycles. The van der Waals surface area contributed by atoms with E-state index in [0.29, 0.717) is 10.1 Å². The maximum atomic E-state index is 12.3. The van der Waals surface area contributed by atoms with Crippen molar-refractivity contribution in [1.82, 2.24) is 4.72 Å². The molecule has 1 aliphatic carbocycles. The monoisotopic (exact) mass is 314 g/mol. The summed E-state index contributed by atoms with van der Waals surface area (Å²) < 4.78 is 27.5. The zero-order valence-electron chi connectivity index (χ0n) is 11.9. The van der Waals surface area contributed by atoms with Crippen molar-refractivity contribution in [3.05, 3.63) is 24.3 Å². The van der Waals surface area contributed by atoms with E-state index in [1.807, 2.05) is 18.8 Å². The summed E-state index contributed by atoms with van der Waals surface area (Å²) in [6, 6.07) is 6.91. The Hall–Kier alpha value is -0.720. The van der Waals surface area contributed by atoms with Gasteiger partial charge in [-0.2, -0.15) is 11.8 Å². The van der Waals surface area contributed by atoms with Crippen LogP contribution in [0.2, 0.25) is 0 Å². The third kappa shape index (κ3) is 3.90. The van der Waals surface area contributed by atoms with Gasteiger partial charge in [-0.3, -0.25) is 0 Å². The summed E-state index contributed by atoms with van der Waals surface area (Å²) in [7, 11) is -1.58. The van der Waals surface area contributed by atoms with Crippen molar-refractivity contribution in [2.24, 2.45) is 0 Å². The lowest BCUT2D eigenvalue weighted by molar-refractivity contribution is 0.552. The fourth-order valence-electron chi connectivity index (χ4n) is 2.52. The van der Waals surface area contributed by atoms with Crippen LogP contribution in [0.25, 0.3) is 0 Å². The Labute approximate surface area is 125 Å². The molecule has 2 atom stereocenters. The van der Waals surface area contributed by atoms with Crippen molar-refractivity contribution >= 4 is 27.5 Å². The highest BCUT2D eigenvalue weighted by molar-refractivity contribution is 7.99. The molecule has 0 bridgehead atoms. The van der Waals surface area contributed by atoms with E-state index < -0.39 is 10.0 Å². The summed E-state index contributed by atoms with van der Waals surface area (Å²) in [6.07, 6.45) is 2.97. The van der Waals surface area contributed by atoms with Crippen LogP contribution < -0.4 is 10.0 Å². The summed E-state index contributed by atoms with van der Waals surface area (Å²) in [5.74, 6) is 1.09. The van der Waals surface area contributed by atoms with Gasteiger partial charge in [-0.25, -0.2) is 13.1 Å². The summed E-state index contributed by atoms with van der Waals surface area (Å²) in [5, 5.41) is 3.58. The van der Waals surface area contributed by atoms with E-state index in [9.17, 15) is 8.42 Å². The van der Waals surface area contributed by atoms with Gasteiger partial charge >= 0.3 is 0 Å². The first-order valence-electron chi connectivity index (χ1n) is 6.97. The molecule has 1 aromatic carbocycles. The van der Waals surface area contributed by atoms with Gasteiger partial charge in [0.05, 0.1) is 4.90 Å². The van der Waals surface area contributed by atoms with Gasteiger partial charge in [0.2, 0.25) is 10.0 Å². The minimum atomic E-state index is -3.39. The van der Waals surface area contributed by atoms with Crippen molar-refractivity contribution in [2.45, 2.75) is 42.4 Å². The van der Waals surface area contributed by atoms with E-state index in [2.05, 4.69) is 17.0 Å². The van der Waals surface area contributed by atoms with Crippen LogP contribution in [0.1, 0.15) is 26.2 Å². The number of benzene rings is 1. The van der Waals surface area contributed by atoms with Crippen LogP contribution in [0.3, 0.4) is 0 Å². The Balaban J connectivity index is 2.00. The van der Waals surface area contributed by atoms with Crippen molar-refractivity contribution in [3.63, 3.8) is 0 Å². The fraction of sp³-hybridized carbons (Fsp3) is 0.571. The molecule has 1 saturated carbocycles. The van der Waals surface area contributed by atoms with Crippen LogP contribution in [0.5, 0.6) is 0 Å². The first kappa shape index (κ1) is 15.7. The number of rotatable bonds is 6. The number of sulfonamides is 1. The second-order valence-corrected chi connectivity index (χ2v) is 8.27. The molecule has 2 N–H and O–H groups in total. The molecule has 0 aliphatic heterocycles. The molecule has 2 rings (SSSR count). The van der Waals surface area contributed by atoms with Crippen LogP contribution in [-0.2, 0) is 10.0 Å². The fourth-order valence-corrected chi connectivity index (χ4v) is 4.95. The average molecular weight is 314 g/mol. The average Bonchev–Trinajstić information content (AvgIpc) is 2.86. The van der Waals surface area contributed by atoms with Crippen molar-refractivity contribution in [1.29, 1.82) is 0 Å². The van der Waals surface area contributed by atoms with Crippen LogP contribution in [-0.4, -0.2) is 32.5 Å². The zero-order valence-corrected chi connectivity index (χ0v) is 13.6. The predicted molar refractivity (Wildman–Crippen MR) is 85.9 cm³/mol. The van der Waals surface area contributed by atoms with E-state index >= 15 is 0 Å². The lowest BCUT2D eigenvalue weighted by Gasteiger charge is -2.14. The van der Waals surface area contributed by atoms with Gasteiger partial charge < -0.3 is 5.32 Å². The highest BCUT2D eigenvalue weighted by Crippen LogP contribution is 2.30. The molecule has 20 heavy (non-hydrogen) atoms. The molecule has 0 saturated heterocycles. The quantitative estimate of drug-likeness (QED) is 0.847. The minimum absolute atomic E-state index is 0.0769. The minimum Gasteiger partial charge on any atom is -0.388 e. The second kappa shape index (κ2) is 6.83. The van der Waals surface area contributed by atoms with Gasteiger partial charge in [-0.15, -0.1) is 0 Å². The molecule has 0 heterocycles. The Bertz CT molecular complexity index is 529. The van der Waals surface area contributed by atoms with Crippen LogP contribution in [0, 0.1) is 0 Å². The van der Waals surface area contributed by atoms with Crippen molar-refractivity contribution < 1.29 is 8.42 Å². The number of anilines is 1. The third-order valence-corrected chi connectivity index (χ3v) is 6.33. The molecule has 1 aromatic rings. The molecule has 0 amide bonds. The Morgan fingerprint density at radius 2 is 1.95 bits per heavy atom. The first-order chi connectivity index (χ1) is 9.55. The van der Waals surface area contributed by atoms with Crippen LogP contribution in [0.4, 0.5) is 5.69 Å². The highest BCUT2D eigenvalue weighted by Gasteiger charge is 2.28.